The second kappa shape index (κ2) is 5.65. The minimum Gasteiger partial charge on any atom is -0.212 e. The molecular weight excluding hydrogens is 356 g/mol. The van der Waals surface area contributed by atoms with Crippen molar-refractivity contribution in [3.8, 4) is 0 Å². The van der Waals surface area contributed by atoms with Crippen LogP contribution in [-0.4, -0.2) is 8.42 Å². The molecule has 0 aliphatic heterocycles. The zero-order valence-corrected chi connectivity index (χ0v) is 13.0. The zero-order chi connectivity index (χ0) is 13.2. The monoisotopic (exact) mass is 362 g/mol. The van der Waals surface area contributed by atoms with E-state index in [9.17, 15) is 8.42 Å². The van der Waals surface area contributed by atoms with Crippen LogP contribution in [0.25, 0.3) is 0 Å². The lowest BCUT2D eigenvalue weighted by Crippen LogP contribution is -1.94. The van der Waals surface area contributed by atoms with Gasteiger partial charge in [-0.25, -0.2) is 8.42 Å². The molecule has 0 radical (unpaired) electrons. The third kappa shape index (κ3) is 3.51. The van der Waals surface area contributed by atoms with Crippen molar-refractivity contribution in [2.45, 2.75) is 9.79 Å². The molecule has 0 fully saturated rings. The Labute approximate surface area is 123 Å². The molecule has 6 heteroatoms. The lowest BCUT2D eigenvalue weighted by atomic mass is 10.4. The van der Waals surface area contributed by atoms with E-state index in [1.165, 1.54) is 0 Å². The Balaban J connectivity index is 2.27. The van der Waals surface area contributed by atoms with E-state index in [1.807, 2.05) is 0 Å². The molecule has 0 heterocycles. The molecule has 0 saturated heterocycles. The van der Waals surface area contributed by atoms with Gasteiger partial charge in [0.1, 0.15) is 0 Å². The summed E-state index contributed by atoms with van der Waals surface area (Å²) in [5.41, 5.74) is 0. The molecule has 0 N–H and O–H groups in total. The highest BCUT2D eigenvalue weighted by Crippen LogP contribution is 2.31. The first kappa shape index (κ1) is 13.9. The Morgan fingerprint density at radius 3 is 2.06 bits per heavy atom. The van der Waals surface area contributed by atoms with Crippen LogP contribution in [0.2, 0.25) is 5.02 Å². The maximum atomic E-state index is 12.1. The maximum absolute atomic E-state index is 12.1. The Kier molecular flexibility index (Phi) is 4.37. The van der Waals surface area contributed by atoms with Crippen molar-refractivity contribution in [2.75, 3.05) is 0 Å². The number of hydrogen-bond acceptors (Lipinski definition) is 3. The van der Waals surface area contributed by atoms with Gasteiger partial charge in [0.15, 0.2) is 0 Å². The SMILES string of the molecule is O=S(=O)(Sc1ccc(Cl)cc1)c1ccc(Br)cc1. The smallest absolute Gasteiger partial charge is 0.212 e. The fourth-order valence-electron chi connectivity index (χ4n) is 1.27. The van der Waals surface area contributed by atoms with Crippen molar-refractivity contribution in [1.29, 1.82) is 0 Å². The van der Waals surface area contributed by atoms with Crippen LogP contribution in [0, 0.1) is 0 Å². The summed E-state index contributed by atoms with van der Waals surface area (Å²) in [6.07, 6.45) is 0. The molecule has 0 aliphatic rings. The Morgan fingerprint density at radius 1 is 0.944 bits per heavy atom. The molecule has 18 heavy (non-hydrogen) atoms. The van der Waals surface area contributed by atoms with Gasteiger partial charge in [-0.2, -0.15) is 0 Å². The standard InChI is InChI=1S/C12H8BrClO2S2/c13-9-1-7-12(8-2-9)18(15,16)17-11-5-3-10(14)4-6-11/h1-8H. The lowest BCUT2D eigenvalue weighted by molar-refractivity contribution is 0.610. The third-order valence-electron chi connectivity index (χ3n) is 2.12. The maximum Gasteiger partial charge on any atom is 0.234 e. The predicted octanol–water partition coefficient (Wildman–Crippen LogP) is 4.58. The van der Waals surface area contributed by atoms with Gasteiger partial charge in [0.05, 0.1) is 4.90 Å². The summed E-state index contributed by atoms with van der Waals surface area (Å²) in [4.78, 5) is 0.924. The molecule has 0 bridgehead atoms. The van der Waals surface area contributed by atoms with Crippen molar-refractivity contribution < 1.29 is 8.42 Å². The predicted molar refractivity (Wildman–Crippen MR) is 78.6 cm³/mol. The van der Waals surface area contributed by atoms with Crippen LogP contribution in [0.5, 0.6) is 0 Å². The molecule has 0 amide bonds. The van der Waals surface area contributed by atoms with Crippen molar-refractivity contribution in [1.82, 2.24) is 0 Å². The highest BCUT2D eigenvalue weighted by molar-refractivity contribution is 9.10. The summed E-state index contributed by atoms with van der Waals surface area (Å²) in [6.45, 7) is 0. The van der Waals surface area contributed by atoms with Crippen molar-refractivity contribution in [3.63, 3.8) is 0 Å². The van der Waals surface area contributed by atoms with Crippen LogP contribution >= 0.6 is 38.3 Å². The van der Waals surface area contributed by atoms with Crippen LogP contribution in [-0.2, 0) is 8.87 Å². The molecule has 2 aromatic carbocycles. The number of halogens is 2. The Hall–Kier alpha value is -0.490. The summed E-state index contributed by atoms with van der Waals surface area (Å²) in [7, 11) is -2.58. The molecule has 0 atom stereocenters. The molecule has 94 valence electrons. The minimum absolute atomic E-state index is 0.283. The van der Waals surface area contributed by atoms with E-state index in [0.717, 1.165) is 15.3 Å². The fraction of sp³-hybridized carbons (Fsp3) is 0. The summed E-state index contributed by atoms with van der Waals surface area (Å²) >= 11 is 9.02. The summed E-state index contributed by atoms with van der Waals surface area (Å²) in [6, 6.07) is 13.3. The van der Waals surface area contributed by atoms with Crippen molar-refractivity contribution in [3.05, 3.63) is 58.0 Å². The van der Waals surface area contributed by atoms with Gasteiger partial charge in [-0.15, -0.1) is 0 Å². The second-order valence-electron chi connectivity index (χ2n) is 3.45. The average Bonchev–Trinajstić information content (AvgIpc) is 2.32. The molecule has 0 aromatic heterocycles. The Morgan fingerprint density at radius 2 is 1.50 bits per heavy atom. The molecule has 2 aromatic rings. The molecule has 0 spiro atoms. The van der Waals surface area contributed by atoms with E-state index in [1.54, 1.807) is 48.5 Å². The summed E-state index contributed by atoms with van der Waals surface area (Å²) < 4.78 is 25.1. The first-order chi connectivity index (χ1) is 8.47. The molecule has 2 nitrogen and oxygen atoms in total. The Bertz CT molecular complexity index is 637. The largest absolute Gasteiger partial charge is 0.234 e. The molecule has 0 unspecified atom stereocenters. The van der Waals surface area contributed by atoms with E-state index in [2.05, 4.69) is 15.9 Å². The first-order valence-electron chi connectivity index (χ1n) is 4.93. The highest BCUT2D eigenvalue weighted by Gasteiger charge is 2.16. The van der Waals surface area contributed by atoms with Crippen molar-refractivity contribution >= 4 is 47.2 Å². The van der Waals surface area contributed by atoms with Crippen LogP contribution < -0.4 is 0 Å². The van der Waals surface area contributed by atoms with Crippen LogP contribution in [0.3, 0.4) is 0 Å². The van der Waals surface area contributed by atoms with Gasteiger partial charge in [-0.1, -0.05) is 27.5 Å². The summed E-state index contributed by atoms with van der Waals surface area (Å²) in [5.74, 6) is 0. The van der Waals surface area contributed by atoms with Gasteiger partial charge >= 0.3 is 0 Å². The normalized spacial score (nSPS) is 11.4. The van der Waals surface area contributed by atoms with Gasteiger partial charge in [0, 0.05) is 25.2 Å². The number of benzene rings is 2. The molecule has 2 rings (SSSR count). The minimum atomic E-state index is -3.39. The third-order valence-corrected chi connectivity index (χ3v) is 6.25. The summed E-state index contributed by atoms with van der Waals surface area (Å²) in [5, 5.41) is 0.584. The van der Waals surface area contributed by atoms with Crippen molar-refractivity contribution in [2.24, 2.45) is 0 Å². The van der Waals surface area contributed by atoms with Crippen LogP contribution in [0.1, 0.15) is 0 Å². The molecule has 0 saturated carbocycles. The van der Waals surface area contributed by atoms with Crippen LogP contribution in [0.15, 0.2) is 62.8 Å². The van der Waals surface area contributed by atoms with E-state index in [0.29, 0.717) is 9.92 Å². The van der Waals surface area contributed by atoms with E-state index in [4.69, 9.17) is 11.6 Å². The van der Waals surface area contributed by atoms with Crippen LogP contribution in [0.4, 0.5) is 0 Å². The number of rotatable bonds is 3. The van der Waals surface area contributed by atoms with E-state index in [-0.39, 0.29) is 4.90 Å². The van der Waals surface area contributed by atoms with Gasteiger partial charge < -0.3 is 0 Å². The van der Waals surface area contributed by atoms with Gasteiger partial charge in [0.2, 0.25) is 8.87 Å². The fourth-order valence-corrected chi connectivity index (χ4v) is 4.44. The van der Waals surface area contributed by atoms with E-state index < -0.39 is 8.87 Å². The molecular formula is C12H8BrClO2S2. The van der Waals surface area contributed by atoms with Gasteiger partial charge in [0.25, 0.3) is 0 Å². The lowest BCUT2D eigenvalue weighted by Gasteiger charge is -2.04. The molecule has 0 aliphatic carbocycles. The van der Waals surface area contributed by atoms with Gasteiger partial charge in [-0.3, -0.25) is 0 Å². The first-order valence-corrected chi connectivity index (χ1v) is 8.92. The quantitative estimate of drug-likeness (QED) is 0.748. The topological polar surface area (TPSA) is 34.1 Å². The van der Waals surface area contributed by atoms with E-state index >= 15 is 0 Å². The average molecular weight is 364 g/mol. The van der Waals surface area contributed by atoms with Gasteiger partial charge in [-0.05, 0) is 48.5 Å². The number of hydrogen-bond donors (Lipinski definition) is 0. The zero-order valence-electron chi connectivity index (χ0n) is 9.01. The second-order valence-corrected chi connectivity index (χ2v) is 8.63. The highest BCUT2D eigenvalue weighted by atomic mass is 79.9.